The van der Waals surface area contributed by atoms with Crippen molar-refractivity contribution in [3.63, 3.8) is 0 Å². The molecule has 0 atom stereocenters. The standard InChI is InChI=1S/C5H11F3O3S2/c1-4-12(2,3)11-13(9,10)5(6,7)8/h4H2,1-3H3. The summed E-state index contributed by atoms with van der Waals surface area (Å²) >= 11 is 0. The molecule has 0 unspecified atom stereocenters. The Balaban J connectivity index is 4.74. The van der Waals surface area contributed by atoms with E-state index in [1.54, 1.807) is 6.92 Å². The van der Waals surface area contributed by atoms with Gasteiger partial charge in [0.15, 0.2) is 0 Å². The molecule has 0 aliphatic rings. The number of alkyl halides is 3. The lowest BCUT2D eigenvalue weighted by molar-refractivity contribution is -0.0495. The molecule has 0 aliphatic carbocycles. The quantitative estimate of drug-likeness (QED) is 0.707. The van der Waals surface area contributed by atoms with Crippen molar-refractivity contribution in [1.82, 2.24) is 0 Å². The van der Waals surface area contributed by atoms with Crippen molar-refractivity contribution in [2.45, 2.75) is 12.4 Å². The van der Waals surface area contributed by atoms with Crippen LogP contribution in [0.4, 0.5) is 13.2 Å². The number of halogens is 3. The molecule has 8 heteroatoms. The topological polar surface area (TPSA) is 43.4 Å². The van der Waals surface area contributed by atoms with Gasteiger partial charge in [0.05, 0.1) is 0 Å². The van der Waals surface area contributed by atoms with Crippen LogP contribution in [0.2, 0.25) is 0 Å². The average Bonchev–Trinajstić information content (AvgIpc) is 1.83. The monoisotopic (exact) mass is 240 g/mol. The molecule has 13 heavy (non-hydrogen) atoms. The summed E-state index contributed by atoms with van der Waals surface area (Å²) in [5.74, 6) is 0.252. The third-order valence-electron chi connectivity index (χ3n) is 1.25. The molecule has 0 radical (unpaired) electrons. The lowest BCUT2D eigenvalue weighted by atomic mass is 11.0. The van der Waals surface area contributed by atoms with Crippen LogP contribution in [0.5, 0.6) is 0 Å². The maximum absolute atomic E-state index is 11.8. The van der Waals surface area contributed by atoms with E-state index >= 15 is 0 Å². The van der Waals surface area contributed by atoms with E-state index in [1.165, 1.54) is 12.5 Å². The molecule has 0 saturated carbocycles. The highest BCUT2D eigenvalue weighted by Crippen LogP contribution is 2.45. The summed E-state index contributed by atoms with van der Waals surface area (Å²) < 4.78 is 60.5. The van der Waals surface area contributed by atoms with E-state index < -0.39 is 25.9 Å². The maximum atomic E-state index is 11.8. The minimum absolute atomic E-state index is 0.252. The van der Waals surface area contributed by atoms with Crippen LogP contribution in [0.1, 0.15) is 6.92 Å². The van der Waals surface area contributed by atoms with Crippen LogP contribution in [-0.2, 0) is 13.7 Å². The Morgan fingerprint density at radius 1 is 1.23 bits per heavy atom. The minimum atomic E-state index is -5.43. The fourth-order valence-electron chi connectivity index (χ4n) is 0.329. The lowest BCUT2D eigenvalue weighted by Gasteiger charge is -2.28. The van der Waals surface area contributed by atoms with Crippen molar-refractivity contribution in [3.05, 3.63) is 0 Å². The van der Waals surface area contributed by atoms with Gasteiger partial charge in [0.1, 0.15) is 0 Å². The van der Waals surface area contributed by atoms with Crippen LogP contribution >= 0.6 is 10.3 Å². The molecule has 0 amide bonds. The Morgan fingerprint density at radius 3 is 1.85 bits per heavy atom. The number of hydrogen-bond acceptors (Lipinski definition) is 3. The molecule has 0 bridgehead atoms. The van der Waals surface area contributed by atoms with Gasteiger partial charge in [0, 0.05) is 0 Å². The van der Waals surface area contributed by atoms with Crippen molar-refractivity contribution in [2.75, 3.05) is 18.3 Å². The molecule has 0 rings (SSSR count). The van der Waals surface area contributed by atoms with Gasteiger partial charge in [-0.2, -0.15) is 21.6 Å². The van der Waals surface area contributed by atoms with Gasteiger partial charge >= 0.3 is 15.6 Å². The predicted molar refractivity (Wildman–Crippen MR) is 46.0 cm³/mol. The lowest BCUT2D eigenvalue weighted by Crippen LogP contribution is -2.27. The van der Waals surface area contributed by atoms with Crippen LogP contribution < -0.4 is 0 Å². The zero-order chi connectivity index (χ0) is 10.9. The van der Waals surface area contributed by atoms with Crippen LogP contribution in [0, 0.1) is 0 Å². The summed E-state index contributed by atoms with van der Waals surface area (Å²) in [6.07, 6.45) is 2.71. The normalized spacial score (nSPS) is 15.8. The second-order valence-electron chi connectivity index (χ2n) is 2.69. The molecule has 0 aromatic rings. The van der Waals surface area contributed by atoms with Gasteiger partial charge in [-0.15, -0.1) is 10.3 Å². The zero-order valence-corrected chi connectivity index (χ0v) is 9.02. The summed E-state index contributed by atoms with van der Waals surface area (Å²) in [5, 5.41) is 0. The van der Waals surface area contributed by atoms with Gasteiger partial charge in [-0.25, -0.2) is 3.63 Å². The van der Waals surface area contributed by atoms with Crippen molar-refractivity contribution in [3.8, 4) is 0 Å². The van der Waals surface area contributed by atoms with E-state index in [4.69, 9.17) is 0 Å². The first-order valence-corrected chi connectivity index (χ1v) is 7.20. The second-order valence-corrected chi connectivity index (χ2v) is 8.06. The maximum Gasteiger partial charge on any atom is 0.523 e. The Morgan fingerprint density at radius 2 is 1.62 bits per heavy atom. The van der Waals surface area contributed by atoms with Crippen LogP contribution in [-0.4, -0.2) is 32.2 Å². The highest BCUT2D eigenvalue weighted by molar-refractivity contribution is 8.32. The molecule has 0 aliphatic heterocycles. The first-order valence-electron chi connectivity index (χ1n) is 3.25. The molecule has 82 valence electrons. The zero-order valence-electron chi connectivity index (χ0n) is 7.38. The van der Waals surface area contributed by atoms with Gasteiger partial charge in [-0.3, -0.25) is 0 Å². The van der Waals surface area contributed by atoms with E-state index in [1.807, 2.05) is 0 Å². The minimum Gasteiger partial charge on any atom is -0.214 e. The van der Waals surface area contributed by atoms with Gasteiger partial charge in [0.25, 0.3) is 0 Å². The van der Waals surface area contributed by atoms with Gasteiger partial charge in [-0.05, 0) is 18.3 Å². The number of hydrogen-bond donors (Lipinski definition) is 0. The molecule has 0 heterocycles. The van der Waals surface area contributed by atoms with Crippen LogP contribution in [0.25, 0.3) is 0 Å². The highest BCUT2D eigenvalue weighted by atomic mass is 32.3. The first-order chi connectivity index (χ1) is 5.52. The highest BCUT2D eigenvalue weighted by Gasteiger charge is 2.49. The molecule has 0 saturated heterocycles. The summed E-state index contributed by atoms with van der Waals surface area (Å²) in [5.41, 5.74) is -5.33. The van der Waals surface area contributed by atoms with Gasteiger partial charge < -0.3 is 0 Å². The van der Waals surface area contributed by atoms with Gasteiger partial charge in [0.2, 0.25) is 0 Å². The third kappa shape index (κ3) is 3.74. The van der Waals surface area contributed by atoms with E-state index in [0.29, 0.717) is 0 Å². The molecule has 0 fully saturated rings. The molecule has 3 nitrogen and oxygen atoms in total. The molecular weight excluding hydrogens is 229 g/mol. The average molecular weight is 240 g/mol. The summed E-state index contributed by atoms with van der Waals surface area (Å²) in [7, 11) is -7.60. The molecule has 0 spiro atoms. The van der Waals surface area contributed by atoms with E-state index in [9.17, 15) is 21.6 Å². The molecule has 0 aromatic heterocycles. The first kappa shape index (κ1) is 13.1. The third-order valence-corrected chi connectivity index (χ3v) is 5.40. The van der Waals surface area contributed by atoms with E-state index in [0.717, 1.165) is 0 Å². The van der Waals surface area contributed by atoms with Crippen molar-refractivity contribution in [2.24, 2.45) is 0 Å². The summed E-state index contributed by atoms with van der Waals surface area (Å²) in [6.45, 7) is 1.57. The Kier molecular flexibility index (Phi) is 3.67. The fraction of sp³-hybridized carbons (Fsp3) is 1.00. The van der Waals surface area contributed by atoms with Crippen LogP contribution in [0.3, 0.4) is 0 Å². The SMILES string of the molecule is CCS(C)(C)OS(=O)(=O)C(F)(F)F. The van der Waals surface area contributed by atoms with Crippen molar-refractivity contribution < 1.29 is 25.2 Å². The molecular formula is C5H11F3O3S2. The predicted octanol–water partition coefficient (Wildman–Crippen LogP) is 1.85. The fourth-order valence-corrected chi connectivity index (χ4v) is 2.96. The van der Waals surface area contributed by atoms with Crippen molar-refractivity contribution >= 4 is 20.4 Å². The van der Waals surface area contributed by atoms with Crippen molar-refractivity contribution in [1.29, 1.82) is 0 Å². The number of rotatable bonds is 3. The Hall–Kier alpha value is 0.0500. The smallest absolute Gasteiger partial charge is 0.214 e. The molecule has 0 N–H and O–H groups in total. The van der Waals surface area contributed by atoms with Gasteiger partial charge in [-0.1, -0.05) is 6.92 Å². The largest absolute Gasteiger partial charge is 0.523 e. The molecule has 0 aromatic carbocycles. The second kappa shape index (κ2) is 3.66. The Labute approximate surface area is 76.9 Å². The van der Waals surface area contributed by atoms with E-state index in [2.05, 4.69) is 3.63 Å². The van der Waals surface area contributed by atoms with Crippen LogP contribution in [0.15, 0.2) is 0 Å². The van der Waals surface area contributed by atoms with E-state index in [-0.39, 0.29) is 5.75 Å². The summed E-state index contributed by atoms with van der Waals surface area (Å²) in [6, 6.07) is 0. The summed E-state index contributed by atoms with van der Waals surface area (Å²) in [4.78, 5) is 0. The Bertz CT molecular complexity index is 267.